The van der Waals surface area contributed by atoms with Crippen LogP contribution in [0.4, 0.5) is 5.69 Å². The van der Waals surface area contributed by atoms with E-state index in [1.807, 2.05) is 65.3 Å². The van der Waals surface area contributed by atoms with E-state index in [-0.39, 0.29) is 30.1 Å². The van der Waals surface area contributed by atoms with Crippen molar-refractivity contribution in [1.82, 2.24) is 9.80 Å². The number of piperidine rings is 2. The van der Waals surface area contributed by atoms with Gasteiger partial charge in [0.25, 0.3) is 5.91 Å². The molecule has 3 amide bonds. The molecule has 0 saturated carbocycles. The molecule has 0 radical (unpaired) electrons. The third-order valence-corrected chi connectivity index (χ3v) is 7.31. The number of likely N-dealkylation sites (tertiary alicyclic amines) is 2. The van der Waals surface area contributed by atoms with Crippen LogP contribution in [0.3, 0.4) is 0 Å². The highest BCUT2D eigenvalue weighted by Gasteiger charge is 2.43. The number of carbonyl (C=O) groups is 3. The van der Waals surface area contributed by atoms with Crippen LogP contribution in [-0.2, 0) is 9.59 Å². The molecule has 0 aromatic heterocycles. The molecular formula is C27H31N3O4. The normalized spacial score (nSPS) is 21.8. The minimum absolute atomic E-state index is 0.00775. The number of hydrogen-bond acceptors (Lipinski definition) is 4. The van der Waals surface area contributed by atoms with Gasteiger partial charge in [-0.25, -0.2) is 0 Å². The van der Waals surface area contributed by atoms with Crippen molar-refractivity contribution in [3.63, 3.8) is 0 Å². The zero-order valence-electron chi connectivity index (χ0n) is 19.6. The SMILES string of the molecule is Cc1ccc(C(=O)N2CCCC(C(=O)N3CCC4(CC3)CC(=O)Nc3ccccc3O4)C2)cc1. The number of benzene rings is 2. The van der Waals surface area contributed by atoms with Gasteiger partial charge in [0.05, 0.1) is 18.0 Å². The molecule has 2 aromatic carbocycles. The number of ether oxygens (including phenoxy) is 1. The Morgan fingerprint density at radius 3 is 2.50 bits per heavy atom. The fourth-order valence-corrected chi connectivity index (χ4v) is 5.33. The third kappa shape index (κ3) is 4.52. The molecule has 2 saturated heterocycles. The average molecular weight is 462 g/mol. The third-order valence-electron chi connectivity index (χ3n) is 7.31. The molecule has 3 aliphatic heterocycles. The number of fused-ring (bicyclic) bond motifs is 1. The van der Waals surface area contributed by atoms with Crippen LogP contribution in [0.1, 0.15) is 48.0 Å². The van der Waals surface area contributed by atoms with Gasteiger partial charge >= 0.3 is 0 Å². The van der Waals surface area contributed by atoms with Gasteiger partial charge in [-0.1, -0.05) is 29.8 Å². The van der Waals surface area contributed by atoms with Crippen LogP contribution in [-0.4, -0.2) is 59.3 Å². The van der Waals surface area contributed by atoms with E-state index in [0.717, 1.165) is 18.4 Å². The molecule has 0 aliphatic carbocycles. The maximum atomic E-state index is 13.4. The van der Waals surface area contributed by atoms with E-state index < -0.39 is 5.60 Å². The molecule has 7 heteroatoms. The molecule has 5 rings (SSSR count). The summed E-state index contributed by atoms with van der Waals surface area (Å²) in [6.07, 6.45) is 3.13. The maximum Gasteiger partial charge on any atom is 0.253 e. The second kappa shape index (κ2) is 9.12. The maximum absolute atomic E-state index is 13.4. The molecular weight excluding hydrogens is 430 g/mol. The molecule has 0 bridgehead atoms. The van der Waals surface area contributed by atoms with E-state index in [0.29, 0.717) is 56.0 Å². The minimum Gasteiger partial charge on any atom is -0.484 e. The molecule has 178 valence electrons. The fourth-order valence-electron chi connectivity index (χ4n) is 5.33. The Hall–Kier alpha value is -3.35. The molecule has 2 fully saturated rings. The van der Waals surface area contributed by atoms with E-state index in [2.05, 4.69) is 5.32 Å². The van der Waals surface area contributed by atoms with Crippen LogP contribution in [0.25, 0.3) is 0 Å². The monoisotopic (exact) mass is 461 g/mol. The lowest BCUT2D eigenvalue weighted by molar-refractivity contribution is -0.141. The van der Waals surface area contributed by atoms with Crippen molar-refractivity contribution in [3.8, 4) is 5.75 Å². The number of nitrogens with zero attached hydrogens (tertiary/aromatic N) is 2. The fraction of sp³-hybridized carbons (Fsp3) is 0.444. The number of carbonyl (C=O) groups excluding carboxylic acids is 3. The first kappa shape index (κ1) is 22.4. The van der Waals surface area contributed by atoms with Crippen molar-refractivity contribution >= 4 is 23.4 Å². The van der Waals surface area contributed by atoms with Gasteiger partial charge in [-0.05, 0) is 44.0 Å². The predicted molar refractivity (Wildman–Crippen MR) is 129 cm³/mol. The second-order valence-corrected chi connectivity index (χ2v) is 9.79. The van der Waals surface area contributed by atoms with Crippen molar-refractivity contribution in [2.24, 2.45) is 5.92 Å². The Morgan fingerprint density at radius 1 is 1.00 bits per heavy atom. The number of nitrogens with one attached hydrogen (secondary N) is 1. The largest absolute Gasteiger partial charge is 0.484 e. The van der Waals surface area contributed by atoms with E-state index in [9.17, 15) is 14.4 Å². The summed E-state index contributed by atoms with van der Waals surface area (Å²) >= 11 is 0. The van der Waals surface area contributed by atoms with E-state index in [4.69, 9.17) is 4.74 Å². The van der Waals surface area contributed by atoms with Crippen LogP contribution in [0.15, 0.2) is 48.5 Å². The summed E-state index contributed by atoms with van der Waals surface area (Å²) < 4.78 is 6.36. The molecule has 7 nitrogen and oxygen atoms in total. The molecule has 3 heterocycles. The Labute approximate surface area is 200 Å². The summed E-state index contributed by atoms with van der Waals surface area (Å²) in [4.78, 5) is 42.6. The summed E-state index contributed by atoms with van der Waals surface area (Å²) in [5.41, 5.74) is 1.89. The van der Waals surface area contributed by atoms with Crippen LogP contribution in [0.2, 0.25) is 0 Å². The van der Waals surface area contributed by atoms with Gasteiger partial charge < -0.3 is 19.9 Å². The van der Waals surface area contributed by atoms with Crippen molar-refractivity contribution < 1.29 is 19.1 Å². The first-order valence-electron chi connectivity index (χ1n) is 12.2. The zero-order valence-corrected chi connectivity index (χ0v) is 19.6. The van der Waals surface area contributed by atoms with Crippen molar-refractivity contribution in [3.05, 3.63) is 59.7 Å². The van der Waals surface area contributed by atoms with Gasteiger partial charge in [-0.3, -0.25) is 14.4 Å². The highest BCUT2D eigenvalue weighted by molar-refractivity contribution is 5.95. The number of anilines is 1. The van der Waals surface area contributed by atoms with E-state index in [1.54, 1.807) is 0 Å². The van der Waals surface area contributed by atoms with Gasteiger partial charge in [0.15, 0.2) is 0 Å². The van der Waals surface area contributed by atoms with Crippen LogP contribution < -0.4 is 10.1 Å². The highest BCUT2D eigenvalue weighted by atomic mass is 16.5. The number of para-hydroxylation sites is 2. The molecule has 2 aromatic rings. The number of amides is 3. The summed E-state index contributed by atoms with van der Waals surface area (Å²) in [5.74, 6) is 0.547. The topological polar surface area (TPSA) is 79.0 Å². The average Bonchev–Trinajstić information content (AvgIpc) is 2.99. The molecule has 1 spiro atoms. The lowest BCUT2D eigenvalue weighted by Crippen LogP contribution is -2.53. The molecule has 1 N–H and O–H groups in total. The Morgan fingerprint density at radius 2 is 1.74 bits per heavy atom. The lowest BCUT2D eigenvalue weighted by atomic mass is 9.86. The van der Waals surface area contributed by atoms with Gasteiger partial charge in [-0.15, -0.1) is 0 Å². The summed E-state index contributed by atoms with van der Waals surface area (Å²) in [6, 6.07) is 15.1. The molecule has 1 atom stereocenters. The highest BCUT2D eigenvalue weighted by Crippen LogP contribution is 2.38. The van der Waals surface area contributed by atoms with Gasteiger partial charge in [-0.2, -0.15) is 0 Å². The smallest absolute Gasteiger partial charge is 0.253 e. The zero-order chi connectivity index (χ0) is 23.7. The number of rotatable bonds is 2. The summed E-state index contributed by atoms with van der Waals surface area (Å²) in [7, 11) is 0. The molecule has 3 aliphatic rings. The standard InChI is InChI=1S/C27H31N3O4/c1-19-8-10-20(11-9-19)25(32)30-14-4-5-21(18-30)26(33)29-15-12-27(13-16-29)17-24(31)28-22-6-2-3-7-23(22)34-27/h2-3,6-11,21H,4-5,12-18H2,1H3,(H,28,31). The van der Waals surface area contributed by atoms with E-state index >= 15 is 0 Å². The van der Waals surface area contributed by atoms with E-state index in [1.165, 1.54) is 0 Å². The Balaban J connectivity index is 1.22. The molecule has 34 heavy (non-hydrogen) atoms. The number of aryl methyl sites for hydroxylation is 1. The van der Waals surface area contributed by atoms with Crippen LogP contribution in [0.5, 0.6) is 5.75 Å². The van der Waals surface area contributed by atoms with Gasteiger partial charge in [0.1, 0.15) is 11.4 Å². The van der Waals surface area contributed by atoms with Crippen molar-refractivity contribution in [1.29, 1.82) is 0 Å². The van der Waals surface area contributed by atoms with Crippen LogP contribution in [0, 0.1) is 12.8 Å². The van der Waals surface area contributed by atoms with Gasteiger partial charge in [0, 0.05) is 44.6 Å². The second-order valence-electron chi connectivity index (χ2n) is 9.79. The Bertz CT molecular complexity index is 1090. The first-order chi connectivity index (χ1) is 16.4. The lowest BCUT2D eigenvalue weighted by Gasteiger charge is -2.42. The van der Waals surface area contributed by atoms with Crippen molar-refractivity contribution in [2.45, 2.75) is 44.6 Å². The summed E-state index contributed by atoms with van der Waals surface area (Å²) in [6.45, 7) is 4.24. The molecule has 1 unspecified atom stereocenters. The number of hydrogen-bond donors (Lipinski definition) is 1. The summed E-state index contributed by atoms with van der Waals surface area (Å²) in [5, 5.41) is 2.93. The Kier molecular flexibility index (Phi) is 6.02. The van der Waals surface area contributed by atoms with Crippen molar-refractivity contribution in [2.75, 3.05) is 31.5 Å². The quantitative estimate of drug-likeness (QED) is 0.741. The van der Waals surface area contributed by atoms with Crippen LogP contribution >= 0.6 is 0 Å². The minimum atomic E-state index is -0.590. The first-order valence-corrected chi connectivity index (χ1v) is 12.2. The van der Waals surface area contributed by atoms with Gasteiger partial charge in [0.2, 0.25) is 11.8 Å². The predicted octanol–water partition coefficient (Wildman–Crippen LogP) is 3.63.